The zero-order chi connectivity index (χ0) is 17.4. The first kappa shape index (κ1) is 18.2. The highest BCUT2D eigenvalue weighted by Gasteiger charge is 2.07. The predicted octanol–water partition coefficient (Wildman–Crippen LogP) is 5.21. The fourth-order valence-electron chi connectivity index (χ4n) is 2.40. The molecular weight excluding hydrogens is 320 g/mol. The normalized spacial score (nSPS) is 10.4. The number of benzene rings is 1. The Hall–Kier alpha value is -2.13. The van der Waals surface area contributed by atoms with Crippen LogP contribution in [0.25, 0.3) is 0 Å². The van der Waals surface area contributed by atoms with Gasteiger partial charge in [0.15, 0.2) is 0 Å². The minimum absolute atomic E-state index is 0.0980. The molecule has 126 valence electrons. The number of halogens is 1. The van der Waals surface area contributed by atoms with Crippen LogP contribution in [-0.2, 0) is 17.6 Å². The number of hydrogen-bond acceptors (Lipinski definition) is 2. The average Bonchev–Trinajstić information content (AvgIpc) is 2.55. The van der Waals surface area contributed by atoms with Gasteiger partial charge in [0, 0.05) is 10.7 Å². The van der Waals surface area contributed by atoms with Crippen molar-refractivity contribution in [3.05, 3.63) is 71.0 Å². The van der Waals surface area contributed by atoms with E-state index in [1.165, 1.54) is 5.57 Å². The van der Waals surface area contributed by atoms with Gasteiger partial charge in [-0.2, -0.15) is 0 Å². The highest BCUT2D eigenvalue weighted by Crippen LogP contribution is 2.16. The minimum atomic E-state index is -0.0980. The highest BCUT2D eigenvalue weighted by molar-refractivity contribution is 6.31. The molecule has 0 fully saturated rings. The van der Waals surface area contributed by atoms with Gasteiger partial charge in [0.05, 0.1) is 18.3 Å². The Morgan fingerprint density at radius 3 is 2.67 bits per heavy atom. The molecular formula is C20H23ClN2O. The second-order valence-corrected chi connectivity index (χ2v) is 6.43. The smallest absolute Gasteiger partial charge is 0.228 e. The van der Waals surface area contributed by atoms with Crippen molar-refractivity contribution in [3.8, 4) is 0 Å². The van der Waals surface area contributed by atoms with Crippen LogP contribution in [0.1, 0.15) is 37.4 Å². The molecule has 0 atom stereocenters. The number of anilines is 1. The number of carbonyl (C=O) groups excluding carboxylic acids is 1. The van der Waals surface area contributed by atoms with Crippen LogP contribution >= 0.6 is 11.6 Å². The Balaban J connectivity index is 1.81. The molecule has 0 saturated carbocycles. The Morgan fingerprint density at radius 1 is 1.21 bits per heavy atom. The maximum atomic E-state index is 12.1. The third-order valence-electron chi connectivity index (χ3n) is 3.70. The van der Waals surface area contributed by atoms with Gasteiger partial charge in [0.1, 0.15) is 0 Å². The molecule has 0 spiro atoms. The Bertz CT molecular complexity index is 695. The highest BCUT2D eigenvalue weighted by atomic mass is 35.5. The van der Waals surface area contributed by atoms with Crippen LogP contribution in [0.2, 0.25) is 5.02 Å². The van der Waals surface area contributed by atoms with E-state index in [0.29, 0.717) is 10.7 Å². The van der Waals surface area contributed by atoms with Crippen molar-refractivity contribution < 1.29 is 4.79 Å². The number of nitrogens with one attached hydrogen (secondary N) is 1. The largest absolute Gasteiger partial charge is 0.324 e. The molecule has 0 aliphatic carbocycles. The molecule has 2 rings (SSSR count). The second kappa shape index (κ2) is 9.24. The maximum absolute atomic E-state index is 12.1. The number of hydrogen-bond donors (Lipinski definition) is 1. The summed E-state index contributed by atoms with van der Waals surface area (Å²) in [7, 11) is 0. The van der Waals surface area contributed by atoms with Crippen LogP contribution in [0.3, 0.4) is 0 Å². The molecule has 2 aromatic rings. The van der Waals surface area contributed by atoms with Crippen molar-refractivity contribution in [2.75, 3.05) is 5.32 Å². The number of unbranched alkanes of at least 4 members (excludes halogenated alkanes) is 1. The van der Waals surface area contributed by atoms with E-state index in [0.717, 1.165) is 36.9 Å². The van der Waals surface area contributed by atoms with E-state index in [4.69, 9.17) is 11.6 Å². The third-order valence-corrected chi connectivity index (χ3v) is 4.07. The second-order valence-electron chi connectivity index (χ2n) is 6.02. The first-order chi connectivity index (χ1) is 11.5. The molecule has 0 radical (unpaired) electrons. The number of pyridine rings is 1. The molecule has 1 aromatic carbocycles. The van der Waals surface area contributed by atoms with E-state index in [9.17, 15) is 4.79 Å². The van der Waals surface area contributed by atoms with Crippen molar-refractivity contribution in [1.82, 2.24) is 4.98 Å². The van der Waals surface area contributed by atoms with E-state index in [2.05, 4.69) is 23.8 Å². The number of rotatable bonds is 8. The van der Waals surface area contributed by atoms with E-state index in [-0.39, 0.29) is 12.3 Å². The van der Waals surface area contributed by atoms with Gasteiger partial charge in [-0.1, -0.05) is 35.4 Å². The summed E-state index contributed by atoms with van der Waals surface area (Å²) in [6, 6.07) is 11.2. The van der Waals surface area contributed by atoms with E-state index >= 15 is 0 Å². The summed E-state index contributed by atoms with van der Waals surface area (Å²) in [5.74, 6) is -0.0980. The van der Waals surface area contributed by atoms with Crippen LogP contribution in [0.4, 0.5) is 5.69 Å². The lowest BCUT2D eigenvalue weighted by atomic mass is 10.1. The van der Waals surface area contributed by atoms with Crippen molar-refractivity contribution >= 4 is 23.2 Å². The molecule has 4 heteroatoms. The number of aromatic nitrogens is 1. The number of nitrogens with zero attached hydrogens (tertiary/aromatic N) is 1. The predicted molar refractivity (Wildman–Crippen MR) is 100 cm³/mol. The SMILES string of the molecule is C=C(C)CCCCc1ccc(NC(=O)Cc2ccccc2Cl)cn1. The summed E-state index contributed by atoms with van der Waals surface area (Å²) in [6.45, 7) is 5.96. The first-order valence-electron chi connectivity index (χ1n) is 8.17. The zero-order valence-corrected chi connectivity index (χ0v) is 14.8. The van der Waals surface area contributed by atoms with Crippen LogP contribution in [-0.4, -0.2) is 10.9 Å². The van der Waals surface area contributed by atoms with Crippen molar-refractivity contribution in [1.29, 1.82) is 0 Å². The van der Waals surface area contributed by atoms with Crippen molar-refractivity contribution in [3.63, 3.8) is 0 Å². The molecule has 1 heterocycles. The number of amides is 1. The van der Waals surface area contributed by atoms with Gasteiger partial charge in [-0.25, -0.2) is 0 Å². The lowest BCUT2D eigenvalue weighted by molar-refractivity contribution is -0.115. The zero-order valence-electron chi connectivity index (χ0n) is 14.0. The number of aryl methyl sites for hydroxylation is 1. The minimum Gasteiger partial charge on any atom is -0.324 e. The molecule has 3 nitrogen and oxygen atoms in total. The molecule has 1 amide bonds. The summed E-state index contributed by atoms with van der Waals surface area (Å²) >= 11 is 6.07. The topological polar surface area (TPSA) is 42.0 Å². The third kappa shape index (κ3) is 6.17. The van der Waals surface area contributed by atoms with Crippen LogP contribution in [0.5, 0.6) is 0 Å². The quantitative estimate of drug-likeness (QED) is 0.529. The van der Waals surface area contributed by atoms with Crippen molar-refractivity contribution in [2.45, 2.75) is 39.0 Å². The molecule has 0 aliphatic rings. The van der Waals surface area contributed by atoms with Gasteiger partial charge in [0.25, 0.3) is 0 Å². The van der Waals surface area contributed by atoms with Gasteiger partial charge in [-0.3, -0.25) is 9.78 Å². The number of allylic oxidation sites excluding steroid dienone is 1. The van der Waals surface area contributed by atoms with Gasteiger partial charge in [-0.05, 0) is 56.4 Å². The Morgan fingerprint density at radius 2 is 2.00 bits per heavy atom. The Labute approximate surface area is 148 Å². The molecule has 1 N–H and O–H groups in total. The van der Waals surface area contributed by atoms with Gasteiger partial charge in [-0.15, -0.1) is 6.58 Å². The van der Waals surface area contributed by atoms with Gasteiger partial charge < -0.3 is 5.32 Å². The summed E-state index contributed by atoms with van der Waals surface area (Å²) in [4.78, 5) is 16.5. The van der Waals surface area contributed by atoms with Gasteiger partial charge in [0.2, 0.25) is 5.91 Å². The van der Waals surface area contributed by atoms with Crippen LogP contribution in [0, 0.1) is 0 Å². The fourth-order valence-corrected chi connectivity index (χ4v) is 2.60. The summed E-state index contributed by atoms with van der Waals surface area (Å²) in [5.41, 5.74) is 3.79. The lowest BCUT2D eigenvalue weighted by Crippen LogP contribution is -2.14. The molecule has 24 heavy (non-hydrogen) atoms. The monoisotopic (exact) mass is 342 g/mol. The van der Waals surface area contributed by atoms with E-state index in [1.807, 2.05) is 30.3 Å². The summed E-state index contributed by atoms with van der Waals surface area (Å²) < 4.78 is 0. The fraction of sp³-hybridized carbons (Fsp3) is 0.300. The molecule has 0 bridgehead atoms. The Kier molecular flexibility index (Phi) is 7.01. The van der Waals surface area contributed by atoms with E-state index < -0.39 is 0 Å². The molecule has 0 unspecified atom stereocenters. The lowest BCUT2D eigenvalue weighted by Gasteiger charge is -2.07. The summed E-state index contributed by atoms with van der Waals surface area (Å²) in [5, 5.41) is 3.46. The average molecular weight is 343 g/mol. The molecule has 1 aromatic heterocycles. The van der Waals surface area contributed by atoms with Crippen LogP contribution < -0.4 is 5.32 Å². The van der Waals surface area contributed by atoms with Gasteiger partial charge >= 0.3 is 0 Å². The first-order valence-corrected chi connectivity index (χ1v) is 8.55. The molecule has 0 saturated heterocycles. The van der Waals surface area contributed by atoms with E-state index in [1.54, 1.807) is 12.3 Å². The molecule has 0 aliphatic heterocycles. The summed E-state index contributed by atoms with van der Waals surface area (Å²) in [6.07, 6.45) is 6.20. The standard InChI is InChI=1S/C20H23ClN2O/c1-15(2)7-3-5-9-17-11-12-18(14-22-17)23-20(24)13-16-8-4-6-10-19(16)21/h4,6,8,10-12,14H,1,3,5,7,9,13H2,2H3,(H,23,24). The van der Waals surface area contributed by atoms with Crippen molar-refractivity contribution in [2.24, 2.45) is 0 Å². The van der Waals surface area contributed by atoms with Crippen LogP contribution in [0.15, 0.2) is 54.7 Å². The maximum Gasteiger partial charge on any atom is 0.228 e. The number of carbonyl (C=O) groups is 1.